The first kappa shape index (κ1) is 12.7. The molecule has 7 heteroatoms. The summed E-state index contributed by atoms with van der Waals surface area (Å²) in [5.41, 5.74) is 1.04. The largest absolute Gasteiger partial charge is 0.490 e. The first-order valence-electron chi connectivity index (χ1n) is 6.04. The van der Waals surface area contributed by atoms with Crippen LogP contribution in [0.15, 0.2) is 30.6 Å². The second-order valence-electron chi connectivity index (χ2n) is 3.88. The number of hydrogen-bond donors (Lipinski definition) is 1. The van der Waals surface area contributed by atoms with E-state index in [1.807, 2.05) is 25.1 Å². The standard InChI is InChI=1S/C13H11ClN4O2/c1-2-19-8-5-3-4-6-9(8)20-12-10-11(16-7-15-10)17-13(14)18-12/h3-7H,2H2,1H3,(H,15,16,17,18). The minimum Gasteiger partial charge on any atom is -0.490 e. The average molecular weight is 291 g/mol. The van der Waals surface area contributed by atoms with Crippen LogP contribution in [0.3, 0.4) is 0 Å². The zero-order chi connectivity index (χ0) is 13.9. The summed E-state index contributed by atoms with van der Waals surface area (Å²) in [6, 6.07) is 7.34. The fraction of sp³-hybridized carbons (Fsp3) is 0.154. The van der Waals surface area contributed by atoms with Gasteiger partial charge in [0.05, 0.1) is 12.9 Å². The Kier molecular flexibility index (Phi) is 3.39. The van der Waals surface area contributed by atoms with Crippen molar-refractivity contribution in [2.45, 2.75) is 6.92 Å². The van der Waals surface area contributed by atoms with Crippen LogP contribution in [0.25, 0.3) is 11.2 Å². The molecular weight excluding hydrogens is 280 g/mol. The van der Waals surface area contributed by atoms with E-state index in [2.05, 4.69) is 19.9 Å². The van der Waals surface area contributed by atoms with Gasteiger partial charge in [-0.15, -0.1) is 0 Å². The molecule has 2 aromatic heterocycles. The second-order valence-corrected chi connectivity index (χ2v) is 4.22. The summed E-state index contributed by atoms with van der Waals surface area (Å²) in [4.78, 5) is 15.0. The third-order valence-electron chi connectivity index (χ3n) is 2.58. The molecule has 0 saturated carbocycles. The lowest BCUT2D eigenvalue weighted by atomic mass is 10.3. The fourth-order valence-corrected chi connectivity index (χ4v) is 1.93. The first-order valence-corrected chi connectivity index (χ1v) is 6.42. The van der Waals surface area contributed by atoms with Gasteiger partial charge in [-0.1, -0.05) is 12.1 Å². The van der Waals surface area contributed by atoms with E-state index in [0.717, 1.165) is 0 Å². The lowest BCUT2D eigenvalue weighted by molar-refractivity contribution is 0.320. The Morgan fingerprint density at radius 2 is 2.00 bits per heavy atom. The van der Waals surface area contributed by atoms with Gasteiger partial charge in [0.25, 0.3) is 0 Å². The van der Waals surface area contributed by atoms with Crippen LogP contribution in [0.5, 0.6) is 17.4 Å². The Labute approximate surface area is 119 Å². The second kappa shape index (κ2) is 5.34. The molecule has 3 aromatic rings. The summed E-state index contributed by atoms with van der Waals surface area (Å²) in [6.07, 6.45) is 1.51. The Morgan fingerprint density at radius 3 is 2.80 bits per heavy atom. The molecule has 1 N–H and O–H groups in total. The van der Waals surface area contributed by atoms with E-state index in [-0.39, 0.29) is 5.28 Å². The molecule has 3 rings (SSSR count). The van der Waals surface area contributed by atoms with Crippen LogP contribution in [-0.4, -0.2) is 26.5 Å². The van der Waals surface area contributed by atoms with Crippen molar-refractivity contribution in [3.63, 3.8) is 0 Å². The van der Waals surface area contributed by atoms with E-state index in [1.54, 1.807) is 6.07 Å². The van der Waals surface area contributed by atoms with E-state index in [1.165, 1.54) is 6.33 Å². The number of nitrogens with zero attached hydrogens (tertiary/aromatic N) is 3. The van der Waals surface area contributed by atoms with Crippen molar-refractivity contribution >= 4 is 22.8 Å². The molecule has 102 valence electrons. The number of benzene rings is 1. The molecule has 6 nitrogen and oxygen atoms in total. The third kappa shape index (κ3) is 2.37. The van der Waals surface area contributed by atoms with Crippen LogP contribution in [-0.2, 0) is 0 Å². The molecule has 0 saturated heterocycles. The highest BCUT2D eigenvalue weighted by Crippen LogP contribution is 2.33. The zero-order valence-corrected chi connectivity index (χ0v) is 11.4. The maximum absolute atomic E-state index is 5.86. The maximum atomic E-state index is 5.86. The van der Waals surface area contributed by atoms with Crippen LogP contribution >= 0.6 is 11.6 Å². The van der Waals surface area contributed by atoms with Crippen molar-refractivity contribution in [1.82, 2.24) is 19.9 Å². The highest BCUT2D eigenvalue weighted by molar-refractivity contribution is 6.28. The Hall–Kier alpha value is -2.34. The average Bonchev–Trinajstić information content (AvgIpc) is 2.89. The number of rotatable bonds is 4. The molecule has 0 aliphatic heterocycles. The fourth-order valence-electron chi connectivity index (χ4n) is 1.77. The van der Waals surface area contributed by atoms with Gasteiger partial charge in [-0.3, -0.25) is 0 Å². The van der Waals surface area contributed by atoms with Gasteiger partial charge < -0.3 is 14.5 Å². The van der Waals surface area contributed by atoms with E-state index in [9.17, 15) is 0 Å². The summed E-state index contributed by atoms with van der Waals surface area (Å²) in [7, 11) is 0. The lowest BCUT2D eigenvalue weighted by Crippen LogP contribution is -1.97. The molecule has 1 aromatic carbocycles. The number of H-pyrrole nitrogens is 1. The number of ether oxygens (including phenoxy) is 2. The number of imidazole rings is 1. The number of para-hydroxylation sites is 2. The van der Waals surface area contributed by atoms with Crippen LogP contribution in [0.2, 0.25) is 5.28 Å². The van der Waals surface area contributed by atoms with E-state index in [0.29, 0.717) is 35.1 Å². The first-order chi connectivity index (χ1) is 9.78. The van der Waals surface area contributed by atoms with Crippen molar-refractivity contribution in [2.75, 3.05) is 6.61 Å². The molecule has 0 aliphatic carbocycles. The van der Waals surface area contributed by atoms with Crippen molar-refractivity contribution in [1.29, 1.82) is 0 Å². The molecule has 2 heterocycles. The molecule has 0 fully saturated rings. The van der Waals surface area contributed by atoms with Gasteiger partial charge in [-0.25, -0.2) is 4.98 Å². The Bertz CT molecular complexity index is 744. The normalized spacial score (nSPS) is 10.7. The summed E-state index contributed by atoms with van der Waals surface area (Å²) in [5, 5.41) is 0.0773. The Morgan fingerprint density at radius 1 is 1.20 bits per heavy atom. The van der Waals surface area contributed by atoms with Crippen molar-refractivity contribution < 1.29 is 9.47 Å². The van der Waals surface area contributed by atoms with Crippen molar-refractivity contribution in [3.05, 3.63) is 35.9 Å². The predicted octanol–water partition coefficient (Wildman–Crippen LogP) is 3.20. The van der Waals surface area contributed by atoms with E-state index < -0.39 is 0 Å². The van der Waals surface area contributed by atoms with Crippen LogP contribution < -0.4 is 9.47 Å². The summed E-state index contributed by atoms with van der Waals surface area (Å²) >= 11 is 5.86. The van der Waals surface area contributed by atoms with Crippen LogP contribution in [0, 0.1) is 0 Å². The third-order valence-corrected chi connectivity index (χ3v) is 2.75. The molecule has 0 bridgehead atoms. The molecule has 0 unspecified atom stereocenters. The smallest absolute Gasteiger partial charge is 0.250 e. The Balaban J connectivity index is 2.03. The maximum Gasteiger partial charge on any atom is 0.250 e. The number of fused-ring (bicyclic) bond motifs is 1. The molecular formula is C13H11ClN4O2. The number of aromatic amines is 1. The molecule has 20 heavy (non-hydrogen) atoms. The van der Waals surface area contributed by atoms with Crippen LogP contribution in [0.4, 0.5) is 0 Å². The van der Waals surface area contributed by atoms with Gasteiger partial charge in [0.2, 0.25) is 11.2 Å². The molecule has 0 amide bonds. The number of aromatic nitrogens is 4. The van der Waals surface area contributed by atoms with Gasteiger partial charge in [0, 0.05) is 0 Å². The van der Waals surface area contributed by atoms with Crippen LogP contribution in [0.1, 0.15) is 6.92 Å². The topological polar surface area (TPSA) is 72.9 Å². The van der Waals surface area contributed by atoms with Gasteiger partial charge in [-0.2, -0.15) is 9.97 Å². The number of nitrogens with one attached hydrogen (secondary N) is 1. The predicted molar refractivity (Wildman–Crippen MR) is 74.4 cm³/mol. The van der Waals surface area contributed by atoms with Gasteiger partial charge in [0.1, 0.15) is 5.52 Å². The molecule has 0 spiro atoms. The lowest BCUT2D eigenvalue weighted by Gasteiger charge is -2.10. The van der Waals surface area contributed by atoms with Gasteiger partial charge >= 0.3 is 0 Å². The summed E-state index contributed by atoms with van der Waals surface area (Å²) < 4.78 is 11.3. The SMILES string of the molecule is CCOc1ccccc1Oc1nc(Cl)nc2nc[nH]c12. The van der Waals surface area contributed by atoms with E-state index in [4.69, 9.17) is 21.1 Å². The molecule has 0 radical (unpaired) electrons. The minimum atomic E-state index is 0.0773. The molecule has 0 aliphatic rings. The van der Waals surface area contributed by atoms with E-state index >= 15 is 0 Å². The molecule has 0 atom stereocenters. The minimum absolute atomic E-state index is 0.0773. The highest BCUT2D eigenvalue weighted by Gasteiger charge is 2.13. The van der Waals surface area contributed by atoms with Gasteiger partial charge in [0.15, 0.2) is 17.1 Å². The van der Waals surface area contributed by atoms with Crippen molar-refractivity contribution in [2.24, 2.45) is 0 Å². The highest BCUT2D eigenvalue weighted by atomic mass is 35.5. The summed E-state index contributed by atoms with van der Waals surface area (Å²) in [5.74, 6) is 1.50. The summed E-state index contributed by atoms with van der Waals surface area (Å²) in [6.45, 7) is 2.45. The number of hydrogen-bond acceptors (Lipinski definition) is 5. The van der Waals surface area contributed by atoms with Gasteiger partial charge in [-0.05, 0) is 30.7 Å². The monoisotopic (exact) mass is 290 g/mol. The zero-order valence-electron chi connectivity index (χ0n) is 10.6. The quantitative estimate of drug-likeness (QED) is 0.747. The number of halogens is 1. The van der Waals surface area contributed by atoms with Crippen molar-refractivity contribution in [3.8, 4) is 17.4 Å².